The van der Waals surface area contributed by atoms with E-state index in [9.17, 15) is 14.9 Å². The van der Waals surface area contributed by atoms with Crippen molar-refractivity contribution in [2.75, 3.05) is 10.6 Å². The van der Waals surface area contributed by atoms with Crippen LogP contribution in [-0.2, 0) is 4.79 Å². The van der Waals surface area contributed by atoms with Gasteiger partial charge < -0.3 is 10.6 Å². The number of rotatable bonds is 5. The summed E-state index contributed by atoms with van der Waals surface area (Å²) >= 11 is 0. The number of benzene rings is 1. The van der Waals surface area contributed by atoms with Gasteiger partial charge in [-0.3, -0.25) is 14.9 Å². The zero-order valence-electron chi connectivity index (χ0n) is 12.7. The fraction of sp³-hybridized carbons (Fsp3) is 0.0625. The Morgan fingerprint density at radius 2 is 2.08 bits per heavy atom. The van der Waals surface area contributed by atoms with Gasteiger partial charge in [-0.1, -0.05) is 18.2 Å². The van der Waals surface area contributed by atoms with Crippen molar-refractivity contribution in [3.63, 3.8) is 0 Å². The van der Waals surface area contributed by atoms with Gasteiger partial charge in [0, 0.05) is 18.5 Å². The third-order valence-electron chi connectivity index (χ3n) is 3.08. The molecule has 0 spiro atoms. The van der Waals surface area contributed by atoms with Crippen LogP contribution in [-0.4, -0.2) is 15.8 Å². The van der Waals surface area contributed by atoms with Gasteiger partial charge >= 0.3 is 0 Å². The molecule has 1 aromatic heterocycles. The van der Waals surface area contributed by atoms with Crippen LogP contribution in [0.3, 0.4) is 0 Å². The fourth-order valence-corrected chi connectivity index (χ4v) is 1.85. The average Bonchev–Trinajstić information content (AvgIpc) is 2.57. The summed E-state index contributed by atoms with van der Waals surface area (Å²) in [6.45, 7) is 1.82. The number of nitro groups is 1. The van der Waals surface area contributed by atoms with E-state index in [0.29, 0.717) is 5.82 Å². The molecule has 8 heteroatoms. The number of carbonyl (C=O) groups is 1. The van der Waals surface area contributed by atoms with E-state index in [1.54, 1.807) is 24.4 Å². The number of nitro benzene ring substituents is 1. The minimum Gasteiger partial charge on any atom is -0.345 e. The molecule has 0 fully saturated rings. The molecule has 0 saturated carbocycles. The van der Waals surface area contributed by atoms with Crippen LogP contribution in [0, 0.1) is 28.4 Å². The third kappa shape index (κ3) is 3.92. The minimum atomic E-state index is -0.757. The number of nitrogens with zero attached hydrogens (tertiary/aromatic N) is 3. The molecule has 120 valence electrons. The van der Waals surface area contributed by atoms with E-state index in [-0.39, 0.29) is 16.9 Å². The minimum absolute atomic E-state index is 0.0164. The van der Waals surface area contributed by atoms with Crippen molar-refractivity contribution >= 4 is 23.1 Å². The van der Waals surface area contributed by atoms with Crippen LogP contribution in [0.2, 0.25) is 0 Å². The molecule has 24 heavy (non-hydrogen) atoms. The van der Waals surface area contributed by atoms with Crippen molar-refractivity contribution in [3.05, 3.63) is 70.0 Å². The highest BCUT2D eigenvalue weighted by Gasteiger charge is 2.17. The molecule has 2 rings (SSSR count). The highest BCUT2D eigenvalue weighted by molar-refractivity contribution is 6.07. The van der Waals surface area contributed by atoms with Crippen molar-refractivity contribution in [2.45, 2.75) is 6.92 Å². The molecule has 0 aliphatic heterocycles. The molecule has 1 aromatic carbocycles. The molecular weight excluding hydrogens is 310 g/mol. The number of anilines is 2. The first-order valence-corrected chi connectivity index (χ1v) is 6.86. The Kier molecular flexibility index (Phi) is 5.20. The molecule has 0 radical (unpaired) electrons. The van der Waals surface area contributed by atoms with Crippen molar-refractivity contribution in [2.24, 2.45) is 0 Å². The lowest BCUT2D eigenvalue weighted by Crippen LogP contribution is -2.15. The Hall–Kier alpha value is -3.73. The first kappa shape index (κ1) is 16.6. The second kappa shape index (κ2) is 7.51. The van der Waals surface area contributed by atoms with E-state index in [0.717, 1.165) is 5.56 Å². The Labute approximate surface area is 137 Å². The lowest BCUT2D eigenvalue weighted by Gasteiger charge is -2.06. The lowest BCUT2D eigenvalue weighted by molar-refractivity contribution is -0.383. The summed E-state index contributed by atoms with van der Waals surface area (Å²) in [5.74, 6) is -0.253. The summed E-state index contributed by atoms with van der Waals surface area (Å²) < 4.78 is 0. The standard InChI is InChI=1S/C16H13N5O3/c1-11-5-4-8-18-15(11)19-10-12(9-17)16(22)20-13-6-2-3-7-14(13)21(23)24/h2-8,10H,1H3,(H,18,19)(H,20,22)/b12-10-. The number of hydrogen-bond donors (Lipinski definition) is 2. The van der Waals surface area contributed by atoms with E-state index in [2.05, 4.69) is 15.6 Å². The van der Waals surface area contributed by atoms with Gasteiger partial charge in [0.2, 0.25) is 0 Å². The molecule has 0 aliphatic carbocycles. The van der Waals surface area contributed by atoms with Crippen molar-refractivity contribution in [1.82, 2.24) is 4.98 Å². The first-order chi connectivity index (χ1) is 11.5. The fourth-order valence-electron chi connectivity index (χ4n) is 1.85. The predicted octanol–water partition coefficient (Wildman–Crippen LogP) is 2.76. The topological polar surface area (TPSA) is 121 Å². The summed E-state index contributed by atoms with van der Waals surface area (Å²) in [5, 5.41) is 25.2. The number of aryl methyl sites for hydroxylation is 1. The van der Waals surface area contributed by atoms with Crippen LogP contribution in [0.15, 0.2) is 54.4 Å². The summed E-state index contributed by atoms with van der Waals surface area (Å²) in [5.41, 5.74) is 0.364. The number of amides is 1. The summed E-state index contributed by atoms with van der Waals surface area (Å²) in [4.78, 5) is 26.6. The Morgan fingerprint density at radius 1 is 1.33 bits per heavy atom. The van der Waals surface area contributed by atoms with E-state index < -0.39 is 10.8 Å². The maximum Gasteiger partial charge on any atom is 0.292 e. The Bertz CT molecular complexity index is 855. The number of nitrogens with one attached hydrogen (secondary N) is 2. The normalized spacial score (nSPS) is 10.6. The number of aromatic nitrogens is 1. The Morgan fingerprint density at radius 3 is 2.75 bits per heavy atom. The van der Waals surface area contributed by atoms with Crippen molar-refractivity contribution < 1.29 is 9.72 Å². The van der Waals surface area contributed by atoms with E-state index in [4.69, 9.17) is 5.26 Å². The lowest BCUT2D eigenvalue weighted by atomic mass is 10.2. The molecule has 1 amide bonds. The van der Waals surface area contributed by atoms with Crippen LogP contribution in [0.5, 0.6) is 0 Å². The number of hydrogen-bond acceptors (Lipinski definition) is 6. The molecule has 2 N–H and O–H groups in total. The van der Waals surface area contributed by atoms with Crippen LogP contribution in [0.4, 0.5) is 17.2 Å². The van der Waals surface area contributed by atoms with Crippen LogP contribution < -0.4 is 10.6 Å². The SMILES string of the molecule is Cc1cccnc1N/C=C(/C#N)C(=O)Nc1ccccc1[N+](=O)[O-]. The molecule has 1 heterocycles. The molecule has 0 saturated heterocycles. The number of nitriles is 1. The van der Waals surface area contributed by atoms with Gasteiger partial charge in [-0.05, 0) is 24.6 Å². The van der Waals surface area contributed by atoms with Gasteiger partial charge in [0.25, 0.3) is 11.6 Å². The summed E-state index contributed by atoms with van der Waals surface area (Å²) in [6, 6.07) is 11.0. The zero-order chi connectivity index (χ0) is 17.5. The smallest absolute Gasteiger partial charge is 0.292 e. The molecular formula is C16H13N5O3. The average molecular weight is 323 g/mol. The molecule has 0 atom stereocenters. The van der Waals surface area contributed by atoms with Crippen molar-refractivity contribution in [1.29, 1.82) is 5.26 Å². The van der Waals surface area contributed by atoms with E-state index in [1.807, 2.05) is 13.0 Å². The molecule has 8 nitrogen and oxygen atoms in total. The monoisotopic (exact) mass is 323 g/mol. The second-order valence-corrected chi connectivity index (χ2v) is 4.71. The predicted molar refractivity (Wildman–Crippen MR) is 88.0 cm³/mol. The highest BCUT2D eigenvalue weighted by atomic mass is 16.6. The maximum absolute atomic E-state index is 12.1. The summed E-state index contributed by atoms with van der Waals surface area (Å²) in [6.07, 6.45) is 2.78. The number of carbonyl (C=O) groups excluding carboxylic acids is 1. The van der Waals surface area contributed by atoms with E-state index in [1.165, 1.54) is 24.4 Å². The molecule has 2 aromatic rings. The highest BCUT2D eigenvalue weighted by Crippen LogP contribution is 2.23. The molecule has 0 aliphatic rings. The number of pyridine rings is 1. The van der Waals surface area contributed by atoms with Gasteiger partial charge in [0.15, 0.2) is 0 Å². The van der Waals surface area contributed by atoms with Crippen LogP contribution in [0.1, 0.15) is 5.56 Å². The second-order valence-electron chi connectivity index (χ2n) is 4.71. The van der Waals surface area contributed by atoms with Crippen LogP contribution >= 0.6 is 0 Å². The maximum atomic E-state index is 12.1. The van der Waals surface area contributed by atoms with Gasteiger partial charge in [-0.15, -0.1) is 0 Å². The Balaban J connectivity index is 2.18. The number of para-hydroxylation sites is 2. The molecule has 0 bridgehead atoms. The zero-order valence-corrected chi connectivity index (χ0v) is 12.7. The van der Waals surface area contributed by atoms with Gasteiger partial charge in [-0.25, -0.2) is 4.98 Å². The molecule has 0 unspecified atom stereocenters. The first-order valence-electron chi connectivity index (χ1n) is 6.86. The summed E-state index contributed by atoms with van der Waals surface area (Å²) in [7, 11) is 0. The van der Waals surface area contributed by atoms with Gasteiger partial charge in [0.05, 0.1) is 4.92 Å². The van der Waals surface area contributed by atoms with Gasteiger partial charge in [-0.2, -0.15) is 5.26 Å². The largest absolute Gasteiger partial charge is 0.345 e. The van der Waals surface area contributed by atoms with Crippen LogP contribution in [0.25, 0.3) is 0 Å². The van der Waals surface area contributed by atoms with Gasteiger partial charge in [0.1, 0.15) is 23.1 Å². The quantitative estimate of drug-likeness (QED) is 0.378. The van der Waals surface area contributed by atoms with E-state index >= 15 is 0 Å². The third-order valence-corrected chi connectivity index (χ3v) is 3.08. The van der Waals surface area contributed by atoms with Crippen molar-refractivity contribution in [3.8, 4) is 6.07 Å².